The SMILES string of the molecule is C[C@]1(C(=O)N2CCN(c3ccnc4nncn34)CC2)CCCO1. The number of carbonyl (C=O) groups is 1. The predicted octanol–water partition coefficient (Wildman–Crippen LogP) is 0.342. The standard InChI is InChI=1S/C15H20N6O2/c1-15(4-2-10-23-15)13(22)20-8-6-19(7-9-20)12-3-5-16-14-18-17-11-21(12)14/h3,5,11H,2,4,6-10H2,1H3/t15-/m1/s1. The number of amides is 1. The third-order valence-corrected chi connectivity index (χ3v) is 4.75. The van der Waals surface area contributed by atoms with Crippen LogP contribution in [0.5, 0.6) is 0 Å². The van der Waals surface area contributed by atoms with Gasteiger partial charge in [0.1, 0.15) is 17.7 Å². The summed E-state index contributed by atoms with van der Waals surface area (Å²) in [7, 11) is 0. The number of ether oxygens (including phenoxy) is 1. The van der Waals surface area contributed by atoms with E-state index in [4.69, 9.17) is 4.74 Å². The monoisotopic (exact) mass is 316 g/mol. The van der Waals surface area contributed by atoms with E-state index in [0.717, 1.165) is 31.7 Å². The number of hydrogen-bond acceptors (Lipinski definition) is 6. The van der Waals surface area contributed by atoms with Crippen LogP contribution in [0, 0.1) is 0 Å². The van der Waals surface area contributed by atoms with Crippen molar-refractivity contribution in [1.29, 1.82) is 0 Å². The van der Waals surface area contributed by atoms with Gasteiger partial charge < -0.3 is 14.5 Å². The molecule has 0 bridgehead atoms. The molecule has 122 valence electrons. The normalized spacial score (nSPS) is 25.3. The molecule has 23 heavy (non-hydrogen) atoms. The lowest BCUT2D eigenvalue weighted by Gasteiger charge is -2.39. The lowest BCUT2D eigenvalue weighted by Crippen LogP contribution is -2.55. The van der Waals surface area contributed by atoms with E-state index in [0.29, 0.717) is 25.5 Å². The second kappa shape index (κ2) is 5.45. The van der Waals surface area contributed by atoms with E-state index in [1.165, 1.54) is 0 Å². The highest BCUT2D eigenvalue weighted by Crippen LogP contribution is 2.28. The first-order valence-corrected chi connectivity index (χ1v) is 8.00. The Morgan fingerprint density at radius 1 is 1.30 bits per heavy atom. The van der Waals surface area contributed by atoms with Gasteiger partial charge in [-0.15, -0.1) is 10.2 Å². The number of nitrogens with zero attached hydrogens (tertiary/aromatic N) is 6. The smallest absolute Gasteiger partial charge is 0.256 e. The number of hydrogen-bond donors (Lipinski definition) is 0. The predicted molar refractivity (Wildman–Crippen MR) is 83.2 cm³/mol. The Bertz CT molecular complexity index is 716. The van der Waals surface area contributed by atoms with Gasteiger partial charge in [0.25, 0.3) is 11.7 Å². The van der Waals surface area contributed by atoms with Gasteiger partial charge in [0.05, 0.1) is 0 Å². The van der Waals surface area contributed by atoms with Crippen LogP contribution in [0.1, 0.15) is 19.8 Å². The van der Waals surface area contributed by atoms with Gasteiger partial charge in [0.15, 0.2) is 0 Å². The lowest BCUT2D eigenvalue weighted by molar-refractivity contribution is -0.151. The molecule has 0 radical (unpaired) electrons. The minimum absolute atomic E-state index is 0.124. The highest BCUT2D eigenvalue weighted by molar-refractivity contribution is 5.85. The molecule has 2 aliphatic heterocycles. The summed E-state index contributed by atoms with van der Waals surface area (Å²) < 4.78 is 7.55. The van der Waals surface area contributed by atoms with Gasteiger partial charge in [-0.05, 0) is 25.8 Å². The maximum absolute atomic E-state index is 12.7. The average Bonchev–Trinajstić information content (AvgIpc) is 3.23. The summed E-state index contributed by atoms with van der Waals surface area (Å²) in [5.74, 6) is 1.72. The molecule has 2 aromatic heterocycles. The van der Waals surface area contributed by atoms with Crippen LogP contribution in [-0.4, -0.2) is 68.8 Å². The van der Waals surface area contributed by atoms with Crippen molar-refractivity contribution in [1.82, 2.24) is 24.5 Å². The second-order valence-electron chi connectivity index (χ2n) is 6.27. The van der Waals surface area contributed by atoms with Gasteiger partial charge in [-0.1, -0.05) is 0 Å². The van der Waals surface area contributed by atoms with Crippen molar-refractivity contribution in [3.8, 4) is 0 Å². The largest absolute Gasteiger partial charge is 0.365 e. The first-order chi connectivity index (χ1) is 11.2. The molecule has 0 unspecified atom stereocenters. The van der Waals surface area contributed by atoms with E-state index in [2.05, 4.69) is 20.1 Å². The molecule has 1 amide bonds. The topological polar surface area (TPSA) is 75.9 Å². The fourth-order valence-corrected chi connectivity index (χ4v) is 3.41. The summed E-state index contributed by atoms with van der Waals surface area (Å²) in [6.07, 6.45) is 5.19. The number of carbonyl (C=O) groups excluding carboxylic acids is 1. The van der Waals surface area contributed by atoms with E-state index in [9.17, 15) is 4.79 Å². The van der Waals surface area contributed by atoms with Crippen LogP contribution >= 0.6 is 0 Å². The number of piperazine rings is 1. The van der Waals surface area contributed by atoms with Crippen LogP contribution in [0.2, 0.25) is 0 Å². The van der Waals surface area contributed by atoms with Gasteiger partial charge in [0, 0.05) is 39.0 Å². The number of anilines is 1. The third-order valence-electron chi connectivity index (χ3n) is 4.75. The first-order valence-electron chi connectivity index (χ1n) is 8.00. The molecule has 0 aromatic carbocycles. The zero-order valence-electron chi connectivity index (χ0n) is 13.2. The van der Waals surface area contributed by atoms with Gasteiger partial charge in [-0.2, -0.15) is 0 Å². The first kappa shape index (κ1) is 14.4. The summed E-state index contributed by atoms with van der Waals surface area (Å²) in [4.78, 5) is 21.0. The molecule has 0 aliphatic carbocycles. The zero-order valence-corrected chi connectivity index (χ0v) is 13.2. The Morgan fingerprint density at radius 3 is 2.87 bits per heavy atom. The van der Waals surface area contributed by atoms with Crippen molar-refractivity contribution in [2.24, 2.45) is 0 Å². The Kier molecular flexibility index (Phi) is 3.41. The zero-order chi connectivity index (χ0) is 15.9. The maximum Gasteiger partial charge on any atom is 0.256 e. The van der Waals surface area contributed by atoms with E-state index in [-0.39, 0.29) is 5.91 Å². The molecule has 8 nitrogen and oxygen atoms in total. The van der Waals surface area contributed by atoms with Crippen LogP contribution in [0.4, 0.5) is 5.82 Å². The Hall–Kier alpha value is -2.22. The summed E-state index contributed by atoms with van der Waals surface area (Å²) in [6.45, 7) is 5.55. The van der Waals surface area contributed by atoms with E-state index in [1.807, 2.05) is 22.3 Å². The molecule has 0 spiro atoms. The molecular weight excluding hydrogens is 296 g/mol. The molecule has 2 fully saturated rings. The van der Waals surface area contributed by atoms with Crippen LogP contribution in [0.15, 0.2) is 18.6 Å². The molecule has 2 saturated heterocycles. The van der Waals surface area contributed by atoms with E-state index in [1.54, 1.807) is 12.5 Å². The minimum atomic E-state index is -0.625. The highest BCUT2D eigenvalue weighted by Gasteiger charge is 2.41. The molecule has 0 N–H and O–H groups in total. The molecule has 2 aliphatic rings. The molecule has 4 rings (SSSR count). The fraction of sp³-hybridized carbons (Fsp3) is 0.600. The second-order valence-corrected chi connectivity index (χ2v) is 6.27. The van der Waals surface area contributed by atoms with Crippen LogP contribution in [0.25, 0.3) is 5.78 Å². The summed E-state index contributed by atoms with van der Waals surface area (Å²) in [6, 6.07) is 1.95. The minimum Gasteiger partial charge on any atom is -0.365 e. The van der Waals surface area contributed by atoms with Crippen molar-refractivity contribution in [3.05, 3.63) is 18.6 Å². The molecule has 0 saturated carbocycles. The quantitative estimate of drug-likeness (QED) is 0.795. The van der Waals surface area contributed by atoms with Crippen LogP contribution in [-0.2, 0) is 9.53 Å². The fourth-order valence-electron chi connectivity index (χ4n) is 3.41. The van der Waals surface area contributed by atoms with Crippen LogP contribution in [0.3, 0.4) is 0 Å². The van der Waals surface area contributed by atoms with Crippen molar-refractivity contribution in [3.63, 3.8) is 0 Å². The van der Waals surface area contributed by atoms with E-state index >= 15 is 0 Å². The highest BCUT2D eigenvalue weighted by atomic mass is 16.5. The van der Waals surface area contributed by atoms with Crippen molar-refractivity contribution >= 4 is 17.5 Å². The Labute approximate surface area is 134 Å². The van der Waals surface area contributed by atoms with Gasteiger partial charge in [-0.3, -0.25) is 9.20 Å². The van der Waals surface area contributed by atoms with E-state index < -0.39 is 5.60 Å². The molecule has 8 heteroatoms. The van der Waals surface area contributed by atoms with Crippen molar-refractivity contribution in [2.75, 3.05) is 37.7 Å². The molecule has 1 atom stereocenters. The van der Waals surface area contributed by atoms with Crippen molar-refractivity contribution < 1.29 is 9.53 Å². The summed E-state index contributed by atoms with van der Waals surface area (Å²) >= 11 is 0. The molecular formula is C15H20N6O2. The third kappa shape index (κ3) is 2.42. The number of rotatable bonds is 2. The summed E-state index contributed by atoms with van der Waals surface area (Å²) in [5.41, 5.74) is -0.625. The van der Waals surface area contributed by atoms with Crippen molar-refractivity contribution in [2.45, 2.75) is 25.4 Å². The maximum atomic E-state index is 12.7. The Balaban J connectivity index is 1.47. The van der Waals surface area contributed by atoms with Crippen LogP contribution < -0.4 is 4.90 Å². The summed E-state index contributed by atoms with van der Waals surface area (Å²) in [5, 5.41) is 7.88. The molecule has 2 aromatic rings. The molecule has 4 heterocycles. The Morgan fingerprint density at radius 2 is 2.13 bits per heavy atom. The lowest BCUT2D eigenvalue weighted by atomic mass is 10.0. The number of aromatic nitrogens is 4. The van der Waals surface area contributed by atoms with Gasteiger partial charge in [-0.25, -0.2) is 4.98 Å². The average molecular weight is 316 g/mol. The van der Waals surface area contributed by atoms with Gasteiger partial charge >= 0.3 is 0 Å². The number of fused-ring (bicyclic) bond motifs is 1. The van der Waals surface area contributed by atoms with Gasteiger partial charge in [0.2, 0.25) is 0 Å².